The molecule has 1 heterocycles. The van der Waals surface area contributed by atoms with Gasteiger partial charge in [0.15, 0.2) is 0 Å². The van der Waals surface area contributed by atoms with Crippen molar-refractivity contribution < 1.29 is 5.11 Å². The van der Waals surface area contributed by atoms with Crippen molar-refractivity contribution in [3.8, 4) is 0 Å². The highest BCUT2D eigenvalue weighted by Crippen LogP contribution is 2.48. The number of hydrogen-bond donors (Lipinski definition) is 2. The summed E-state index contributed by atoms with van der Waals surface area (Å²) in [7, 11) is 0. The van der Waals surface area contributed by atoms with E-state index in [1.165, 1.54) is 22.7 Å². The van der Waals surface area contributed by atoms with E-state index in [9.17, 15) is 0 Å². The Morgan fingerprint density at radius 3 is 2.50 bits per heavy atom. The molecule has 0 aliphatic heterocycles. The Labute approximate surface area is 126 Å². The highest BCUT2D eigenvalue weighted by atomic mass is 32.1. The van der Waals surface area contributed by atoms with E-state index < -0.39 is 0 Å². The van der Waals surface area contributed by atoms with Crippen molar-refractivity contribution in [1.82, 2.24) is 10.3 Å². The van der Waals surface area contributed by atoms with Gasteiger partial charge in [0.25, 0.3) is 0 Å². The standard InChI is InChI=1S/C16H28N2OS/c1-11(17-10-16(6-7-16)8-9-19)13-12(2)18-14(20-13)15(3,4)5/h11,17,19H,6-10H2,1-5H3. The lowest BCUT2D eigenvalue weighted by Gasteiger charge is -2.19. The van der Waals surface area contributed by atoms with Gasteiger partial charge in [-0.1, -0.05) is 20.8 Å². The molecule has 1 atom stereocenters. The third-order valence-corrected chi connectivity index (χ3v) is 6.02. The molecule has 1 saturated carbocycles. The van der Waals surface area contributed by atoms with Gasteiger partial charge in [-0.3, -0.25) is 0 Å². The van der Waals surface area contributed by atoms with Crippen LogP contribution in [0.15, 0.2) is 0 Å². The van der Waals surface area contributed by atoms with Gasteiger partial charge in [0.1, 0.15) is 0 Å². The summed E-state index contributed by atoms with van der Waals surface area (Å²) in [5.74, 6) is 0. The van der Waals surface area contributed by atoms with Gasteiger partial charge in [0, 0.05) is 29.5 Å². The van der Waals surface area contributed by atoms with Crippen molar-refractivity contribution in [2.24, 2.45) is 5.41 Å². The first-order chi connectivity index (χ1) is 9.27. The van der Waals surface area contributed by atoms with Crippen LogP contribution in [0.25, 0.3) is 0 Å². The third-order valence-electron chi connectivity index (χ3n) is 4.25. The molecule has 0 bridgehead atoms. The molecule has 1 aliphatic rings. The molecular weight excluding hydrogens is 268 g/mol. The maximum absolute atomic E-state index is 9.13. The fraction of sp³-hybridized carbons (Fsp3) is 0.812. The third kappa shape index (κ3) is 3.60. The Bertz CT molecular complexity index is 458. The van der Waals surface area contributed by atoms with Gasteiger partial charge >= 0.3 is 0 Å². The molecule has 20 heavy (non-hydrogen) atoms. The van der Waals surface area contributed by atoms with Gasteiger partial charge in [-0.15, -0.1) is 11.3 Å². The summed E-state index contributed by atoms with van der Waals surface area (Å²) in [5, 5.41) is 14.0. The molecule has 0 aromatic carbocycles. The summed E-state index contributed by atoms with van der Waals surface area (Å²) in [6, 6.07) is 0.347. The van der Waals surface area contributed by atoms with Crippen LogP contribution in [0.1, 0.15) is 68.6 Å². The predicted octanol–water partition coefficient (Wildman–Crippen LogP) is 3.56. The van der Waals surface area contributed by atoms with Crippen molar-refractivity contribution in [2.45, 2.75) is 65.3 Å². The molecule has 1 aromatic rings. The number of aryl methyl sites for hydroxylation is 1. The topological polar surface area (TPSA) is 45.2 Å². The molecule has 0 amide bonds. The Morgan fingerprint density at radius 1 is 1.40 bits per heavy atom. The number of thiazole rings is 1. The lowest BCUT2D eigenvalue weighted by atomic mass is 9.98. The van der Waals surface area contributed by atoms with E-state index in [-0.39, 0.29) is 5.41 Å². The average molecular weight is 296 g/mol. The maximum atomic E-state index is 9.13. The molecule has 2 N–H and O–H groups in total. The summed E-state index contributed by atoms with van der Waals surface area (Å²) in [6.07, 6.45) is 3.44. The summed E-state index contributed by atoms with van der Waals surface area (Å²) in [6.45, 7) is 12.3. The Hall–Kier alpha value is -0.450. The maximum Gasteiger partial charge on any atom is 0.0985 e. The van der Waals surface area contributed by atoms with Gasteiger partial charge in [-0.2, -0.15) is 0 Å². The van der Waals surface area contributed by atoms with Crippen molar-refractivity contribution in [1.29, 1.82) is 0 Å². The highest BCUT2D eigenvalue weighted by Gasteiger charge is 2.41. The van der Waals surface area contributed by atoms with E-state index in [1.807, 2.05) is 11.3 Å². The van der Waals surface area contributed by atoms with Gasteiger partial charge in [0.2, 0.25) is 0 Å². The Kier molecular flexibility index (Phi) is 4.57. The van der Waals surface area contributed by atoms with Crippen molar-refractivity contribution >= 4 is 11.3 Å². The Balaban J connectivity index is 1.99. The minimum absolute atomic E-state index is 0.127. The summed E-state index contributed by atoms with van der Waals surface area (Å²) in [5.41, 5.74) is 1.66. The molecule has 4 heteroatoms. The predicted molar refractivity (Wildman–Crippen MR) is 85.3 cm³/mol. The second-order valence-electron chi connectivity index (χ2n) is 7.29. The number of rotatable bonds is 6. The average Bonchev–Trinajstić information content (AvgIpc) is 2.99. The molecule has 1 unspecified atom stereocenters. The number of aliphatic hydroxyl groups is 1. The number of hydrogen-bond acceptors (Lipinski definition) is 4. The zero-order valence-corrected chi connectivity index (χ0v) is 14.2. The molecule has 2 rings (SSSR count). The van der Waals surface area contributed by atoms with E-state index in [0.29, 0.717) is 18.1 Å². The van der Waals surface area contributed by atoms with Crippen molar-refractivity contribution in [3.63, 3.8) is 0 Å². The number of aromatic nitrogens is 1. The summed E-state index contributed by atoms with van der Waals surface area (Å²) in [4.78, 5) is 6.09. The molecule has 0 radical (unpaired) electrons. The first-order valence-corrected chi connectivity index (χ1v) is 8.41. The monoisotopic (exact) mass is 296 g/mol. The fourth-order valence-corrected chi connectivity index (χ4v) is 3.67. The minimum atomic E-state index is 0.127. The highest BCUT2D eigenvalue weighted by molar-refractivity contribution is 7.12. The molecule has 1 aromatic heterocycles. The molecule has 1 fully saturated rings. The molecule has 3 nitrogen and oxygen atoms in total. The number of nitrogens with zero attached hydrogens (tertiary/aromatic N) is 1. The minimum Gasteiger partial charge on any atom is -0.396 e. The van der Waals surface area contributed by atoms with Gasteiger partial charge in [-0.05, 0) is 38.5 Å². The lowest BCUT2D eigenvalue weighted by molar-refractivity contribution is 0.243. The fourth-order valence-electron chi connectivity index (χ4n) is 2.52. The van der Waals surface area contributed by atoms with Crippen molar-refractivity contribution in [3.05, 3.63) is 15.6 Å². The van der Waals surface area contributed by atoms with Crippen LogP contribution in [0.5, 0.6) is 0 Å². The van der Waals surface area contributed by atoms with E-state index in [2.05, 4.69) is 39.9 Å². The SMILES string of the molecule is Cc1nc(C(C)(C)C)sc1C(C)NCC1(CCO)CC1. The summed E-state index contributed by atoms with van der Waals surface area (Å²) < 4.78 is 0. The second kappa shape index (κ2) is 5.74. The van der Waals surface area contributed by atoms with Crippen LogP contribution in [0.2, 0.25) is 0 Å². The quantitative estimate of drug-likeness (QED) is 0.843. The van der Waals surface area contributed by atoms with Gasteiger partial charge in [-0.25, -0.2) is 4.98 Å². The van der Waals surface area contributed by atoms with Gasteiger partial charge < -0.3 is 10.4 Å². The molecule has 1 aliphatic carbocycles. The van der Waals surface area contributed by atoms with E-state index in [1.54, 1.807) is 0 Å². The van der Waals surface area contributed by atoms with Crippen LogP contribution in [0.3, 0.4) is 0 Å². The first-order valence-electron chi connectivity index (χ1n) is 7.59. The molecule has 114 valence electrons. The van der Waals surface area contributed by atoms with E-state index in [4.69, 9.17) is 10.1 Å². The molecular formula is C16H28N2OS. The molecule has 0 spiro atoms. The number of nitrogens with one attached hydrogen (secondary N) is 1. The lowest BCUT2D eigenvalue weighted by Crippen LogP contribution is -2.27. The molecule has 0 saturated heterocycles. The van der Waals surface area contributed by atoms with Crippen molar-refractivity contribution in [2.75, 3.05) is 13.2 Å². The smallest absolute Gasteiger partial charge is 0.0985 e. The van der Waals surface area contributed by atoms with E-state index in [0.717, 1.165) is 18.7 Å². The van der Waals surface area contributed by atoms with Crippen LogP contribution < -0.4 is 5.32 Å². The normalized spacial score (nSPS) is 19.1. The van der Waals surface area contributed by atoms with Gasteiger partial charge in [0.05, 0.1) is 10.7 Å². The van der Waals surface area contributed by atoms with Crippen LogP contribution in [0.4, 0.5) is 0 Å². The van der Waals surface area contributed by atoms with Crippen LogP contribution in [-0.4, -0.2) is 23.2 Å². The zero-order valence-electron chi connectivity index (χ0n) is 13.4. The largest absolute Gasteiger partial charge is 0.396 e. The zero-order chi connectivity index (χ0) is 15.0. The second-order valence-corrected chi connectivity index (χ2v) is 8.33. The first kappa shape index (κ1) is 15.9. The Morgan fingerprint density at radius 2 is 2.05 bits per heavy atom. The van der Waals surface area contributed by atoms with E-state index >= 15 is 0 Å². The van der Waals surface area contributed by atoms with Crippen LogP contribution >= 0.6 is 11.3 Å². The van der Waals surface area contributed by atoms with Crippen LogP contribution in [0, 0.1) is 12.3 Å². The number of aliphatic hydroxyl groups excluding tert-OH is 1. The van der Waals surface area contributed by atoms with Crippen LogP contribution in [-0.2, 0) is 5.41 Å². The summed E-state index contributed by atoms with van der Waals surface area (Å²) >= 11 is 1.84.